The Balaban J connectivity index is 1.17. The number of nitrogens with zero attached hydrogens (tertiary/aromatic N) is 1. The molecule has 39 heavy (non-hydrogen) atoms. The van der Waals surface area contributed by atoms with Gasteiger partial charge in [-0.3, -0.25) is 4.79 Å². The van der Waals surface area contributed by atoms with Crippen molar-refractivity contribution in [1.29, 1.82) is 0 Å². The molecule has 1 amide bonds. The van der Waals surface area contributed by atoms with Crippen LogP contribution < -0.4 is 0 Å². The highest BCUT2D eigenvalue weighted by Crippen LogP contribution is 2.45. The fourth-order valence-electron chi connectivity index (χ4n) is 7.40. The van der Waals surface area contributed by atoms with Gasteiger partial charge in [-0.05, 0) is 70.9 Å². The smallest absolute Gasteiger partial charge is 0.410 e. The van der Waals surface area contributed by atoms with Gasteiger partial charge in [0, 0.05) is 29.5 Å². The first-order valence-electron chi connectivity index (χ1n) is 14.7. The van der Waals surface area contributed by atoms with E-state index in [1.807, 2.05) is 4.90 Å². The SMILES string of the molecule is CC(C)c1cccc(C(C)C)c1C(=O)C1CC2CCC(C1)N2C(=O)OCC1c2ccccc2-c2ccccc21. The van der Waals surface area contributed by atoms with Crippen LogP contribution in [0.25, 0.3) is 11.1 Å². The van der Waals surface area contributed by atoms with Crippen molar-refractivity contribution >= 4 is 11.9 Å². The Morgan fingerprint density at radius 1 is 0.769 bits per heavy atom. The van der Waals surface area contributed by atoms with Crippen molar-refractivity contribution in [3.05, 3.63) is 94.5 Å². The topological polar surface area (TPSA) is 46.6 Å². The van der Waals surface area contributed by atoms with Gasteiger partial charge in [-0.2, -0.15) is 0 Å². The number of ether oxygens (including phenoxy) is 1. The number of ketones is 1. The van der Waals surface area contributed by atoms with Gasteiger partial charge < -0.3 is 9.64 Å². The summed E-state index contributed by atoms with van der Waals surface area (Å²) in [5.41, 5.74) is 8.15. The van der Waals surface area contributed by atoms with E-state index >= 15 is 0 Å². The summed E-state index contributed by atoms with van der Waals surface area (Å²) >= 11 is 0. The standard InChI is InChI=1S/C35H39NO3/c1-21(2)26-14-9-15-27(22(3)4)33(26)34(37)23-18-24-16-17-25(19-23)36(24)35(38)39-20-32-30-12-7-5-10-28(30)29-11-6-8-13-31(29)32/h5-15,21-25,32H,16-20H2,1-4H3. The molecule has 2 atom stereocenters. The van der Waals surface area contributed by atoms with Crippen molar-refractivity contribution in [2.24, 2.45) is 5.92 Å². The minimum absolute atomic E-state index is 0.0439. The molecular formula is C35H39NO3. The lowest BCUT2D eigenvalue weighted by Crippen LogP contribution is -2.48. The van der Waals surface area contributed by atoms with E-state index in [-0.39, 0.29) is 35.8 Å². The van der Waals surface area contributed by atoms with Crippen molar-refractivity contribution in [2.75, 3.05) is 6.61 Å². The van der Waals surface area contributed by atoms with Crippen molar-refractivity contribution in [2.45, 2.75) is 83.2 Å². The van der Waals surface area contributed by atoms with E-state index in [0.29, 0.717) is 18.4 Å². The lowest BCUT2D eigenvalue weighted by Gasteiger charge is -2.38. The fourth-order valence-corrected chi connectivity index (χ4v) is 7.40. The van der Waals surface area contributed by atoms with Crippen LogP contribution in [-0.2, 0) is 4.74 Å². The zero-order valence-corrected chi connectivity index (χ0v) is 23.5. The molecule has 4 heteroatoms. The molecule has 4 nitrogen and oxygen atoms in total. The number of piperidine rings is 1. The average Bonchev–Trinajstić information content (AvgIpc) is 3.41. The van der Waals surface area contributed by atoms with E-state index in [1.54, 1.807) is 0 Å². The van der Waals surface area contributed by atoms with Crippen molar-refractivity contribution in [1.82, 2.24) is 4.90 Å². The van der Waals surface area contributed by atoms with Gasteiger partial charge in [0.25, 0.3) is 0 Å². The quantitative estimate of drug-likeness (QED) is 0.307. The molecule has 2 fully saturated rings. The predicted molar refractivity (Wildman–Crippen MR) is 155 cm³/mol. The lowest BCUT2D eigenvalue weighted by molar-refractivity contribution is 0.0505. The third-order valence-corrected chi connectivity index (χ3v) is 9.27. The van der Waals surface area contributed by atoms with Crippen molar-refractivity contribution in [3.63, 3.8) is 0 Å². The monoisotopic (exact) mass is 521 g/mol. The van der Waals surface area contributed by atoms with Gasteiger partial charge in [-0.15, -0.1) is 0 Å². The summed E-state index contributed by atoms with van der Waals surface area (Å²) in [5.74, 6) is 0.866. The highest BCUT2D eigenvalue weighted by molar-refractivity contribution is 6.01. The molecule has 0 aromatic heterocycles. The molecule has 0 N–H and O–H groups in total. The maximum Gasteiger partial charge on any atom is 0.410 e. The average molecular weight is 522 g/mol. The summed E-state index contributed by atoms with van der Waals surface area (Å²) in [7, 11) is 0. The first-order valence-corrected chi connectivity index (χ1v) is 14.7. The van der Waals surface area contributed by atoms with E-state index in [9.17, 15) is 9.59 Å². The number of amides is 1. The molecule has 3 aromatic carbocycles. The summed E-state index contributed by atoms with van der Waals surface area (Å²) in [6.07, 6.45) is 3.12. The maximum absolute atomic E-state index is 14.0. The Kier molecular flexibility index (Phi) is 6.82. The largest absolute Gasteiger partial charge is 0.448 e. The summed E-state index contributed by atoms with van der Waals surface area (Å²) < 4.78 is 6.04. The minimum atomic E-state index is -0.222. The molecule has 2 unspecified atom stereocenters. The Morgan fingerprint density at radius 3 is 1.79 bits per heavy atom. The number of hydrogen-bond acceptors (Lipinski definition) is 3. The van der Waals surface area contributed by atoms with E-state index in [0.717, 1.165) is 42.4 Å². The highest BCUT2D eigenvalue weighted by atomic mass is 16.6. The van der Waals surface area contributed by atoms with Crippen LogP contribution in [0.2, 0.25) is 0 Å². The number of carbonyl (C=O) groups excluding carboxylic acids is 2. The van der Waals surface area contributed by atoms with Gasteiger partial charge in [0.2, 0.25) is 0 Å². The third kappa shape index (κ3) is 4.48. The van der Waals surface area contributed by atoms with Crippen molar-refractivity contribution in [3.8, 4) is 11.1 Å². The van der Waals surface area contributed by atoms with Crippen LogP contribution >= 0.6 is 0 Å². The molecule has 0 spiro atoms. The van der Waals surface area contributed by atoms with Gasteiger partial charge in [0.05, 0.1) is 0 Å². The van der Waals surface area contributed by atoms with E-state index in [1.165, 1.54) is 22.3 Å². The molecule has 2 bridgehead atoms. The summed E-state index contributed by atoms with van der Waals surface area (Å²) in [4.78, 5) is 29.5. The highest BCUT2D eigenvalue weighted by Gasteiger charge is 2.46. The Labute approximate surface area is 232 Å². The molecule has 0 saturated carbocycles. The van der Waals surface area contributed by atoms with Crippen LogP contribution in [0.4, 0.5) is 4.79 Å². The molecule has 6 rings (SSSR count). The summed E-state index contributed by atoms with van der Waals surface area (Å²) in [6, 6.07) is 23.3. The molecule has 0 radical (unpaired) electrons. The Bertz CT molecular complexity index is 1320. The third-order valence-electron chi connectivity index (χ3n) is 9.27. The maximum atomic E-state index is 14.0. The van der Waals surface area contributed by atoms with E-state index in [2.05, 4.69) is 94.4 Å². The number of carbonyl (C=O) groups is 2. The zero-order chi connectivity index (χ0) is 27.3. The van der Waals surface area contributed by atoms with Gasteiger partial charge in [0.1, 0.15) is 6.61 Å². The Morgan fingerprint density at radius 2 is 1.28 bits per heavy atom. The molecule has 2 aliphatic heterocycles. The molecule has 2 heterocycles. The molecule has 1 aliphatic carbocycles. The minimum Gasteiger partial charge on any atom is -0.448 e. The molecule has 3 aromatic rings. The second kappa shape index (κ2) is 10.3. The van der Waals surface area contributed by atoms with Crippen LogP contribution in [0.3, 0.4) is 0 Å². The first kappa shape index (κ1) is 25.9. The number of hydrogen-bond donors (Lipinski definition) is 0. The number of Topliss-reactive ketones (excluding diaryl/α,β-unsaturated/α-hetero) is 1. The second-order valence-corrected chi connectivity index (χ2v) is 12.2. The van der Waals surface area contributed by atoms with Gasteiger partial charge in [0.15, 0.2) is 5.78 Å². The molecule has 3 aliphatic rings. The number of benzene rings is 3. The normalized spacial score (nSPS) is 21.8. The van der Waals surface area contributed by atoms with Crippen LogP contribution in [0.5, 0.6) is 0 Å². The van der Waals surface area contributed by atoms with E-state index < -0.39 is 0 Å². The van der Waals surface area contributed by atoms with Gasteiger partial charge in [-0.25, -0.2) is 4.79 Å². The van der Waals surface area contributed by atoms with Gasteiger partial charge >= 0.3 is 6.09 Å². The number of fused-ring (bicyclic) bond motifs is 5. The summed E-state index contributed by atoms with van der Waals surface area (Å²) in [6.45, 7) is 9.00. The van der Waals surface area contributed by atoms with Crippen LogP contribution in [-0.4, -0.2) is 35.5 Å². The van der Waals surface area contributed by atoms with Crippen LogP contribution in [0.15, 0.2) is 66.7 Å². The fraction of sp³-hybridized carbons (Fsp3) is 0.429. The second-order valence-electron chi connectivity index (χ2n) is 12.2. The van der Waals surface area contributed by atoms with E-state index in [4.69, 9.17) is 4.74 Å². The lowest BCUT2D eigenvalue weighted by atomic mass is 9.79. The predicted octanol–water partition coefficient (Wildman–Crippen LogP) is 8.31. The molecular weight excluding hydrogens is 482 g/mol. The first-order chi connectivity index (χ1) is 18.8. The number of rotatable bonds is 6. The van der Waals surface area contributed by atoms with Crippen LogP contribution in [0, 0.1) is 5.92 Å². The van der Waals surface area contributed by atoms with Gasteiger partial charge in [-0.1, -0.05) is 94.4 Å². The molecule has 2 saturated heterocycles. The zero-order valence-electron chi connectivity index (χ0n) is 23.5. The van der Waals surface area contributed by atoms with Crippen molar-refractivity contribution < 1.29 is 14.3 Å². The van der Waals surface area contributed by atoms with Crippen LogP contribution in [0.1, 0.15) is 104 Å². The molecule has 202 valence electrons. The summed E-state index contributed by atoms with van der Waals surface area (Å²) in [5, 5.41) is 0. The Hall–Kier alpha value is -3.40.